The summed E-state index contributed by atoms with van der Waals surface area (Å²) in [4.78, 5) is 0. The van der Waals surface area contributed by atoms with Gasteiger partial charge in [0.25, 0.3) is 0 Å². The lowest BCUT2D eigenvalue weighted by Crippen LogP contribution is -2.65. The standard InChI is InChI=1S/C12H24O37S9/c13-50(14)44-8-4(1-39-51(15,16)17)42-12(11(49-58(36,37)38)10(8)48-57(33,34)35)43-7(5(45-54(24,25)26)2-40-52(18,19)20)9(47-56(30,31)32)6(46-55(27,28)29)3-41-53(21,22)23/h4-12H,1-3H2,(H,13,14)(H,15,16,17)(H,18,19,20)(H,21,22,23)(H,24,25,26)(H,27,28,29)(H,30,31,32)(H,33,34,35)(H,36,37,38)/t4-,5-,6+,7-,8-,9-,10+,11-,12-/m1/s1. The molecule has 1 rings (SSSR count). The van der Waals surface area contributed by atoms with Crippen molar-refractivity contribution in [3.05, 3.63) is 0 Å². The Bertz CT molecular complexity index is 2330. The average Bonchev–Trinajstić information content (AvgIpc) is 2.92. The van der Waals surface area contributed by atoms with E-state index in [1.54, 1.807) is 0 Å². The number of rotatable bonds is 26. The highest BCUT2D eigenvalue weighted by atomic mass is 32.3. The third-order valence-electron chi connectivity index (χ3n) is 5.46. The molecule has 1 heterocycles. The predicted octanol–water partition coefficient (Wildman–Crippen LogP) is -6.98. The van der Waals surface area contributed by atoms with E-state index in [0.29, 0.717) is 0 Å². The van der Waals surface area contributed by atoms with Crippen LogP contribution < -0.4 is 0 Å². The van der Waals surface area contributed by atoms with Crippen molar-refractivity contribution in [2.45, 2.75) is 55.1 Å². The first-order chi connectivity index (χ1) is 25.5. The molecule has 10 atom stereocenters. The molecule has 0 aromatic rings. The SMILES string of the molecule is O=S(O)O[C@H]1[C@H](OS(=O)(=O)O)[C@@H](OS(=O)(=O)O)[C@@H](O[C@@H]([C@H](OS(=O)(=O)O)[C@H](COS(=O)(=O)O)OS(=O)(=O)O)[C@@H](COS(=O)(=O)O)OS(=O)(=O)O)O[C@@H]1COS(=O)(=O)O. The van der Waals surface area contributed by atoms with Crippen molar-refractivity contribution in [2.24, 2.45) is 0 Å². The zero-order valence-corrected chi connectivity index (χ0v) is 33.8. The minimum atomic E-state index is -6.44. The molecule has 348 valence electrons. The summed E-state index contributed by atoms with van der Waals surface area (Å²) < 4.78 is 327. The summed E-state index contributed by atoms with van der Waals surface area (Å²) in [6, 6.07) is 0. The van der Waals surface area contributed by atoms with Crippen LogP contribution in [-0.4, -0.2) is 187 Å². The lowest BCUT2D eigenvalue weighted by molar-refractivity contribution is -0.312. The second-order valence-corrected chi connectivity index (χ2v) is 18.8. The molecule has 1 unspecified atom stereocenters. The van der Waals surface area contributed by atoms with Crippen molar-refractivity contribution in [3.63, 3.8) is 0 Å². The summed E-state index contributed by atoms with van der Waals surface area (Å²) in [6.45, 7) is -6.59. The minimum Gasteiger partial charge on any atom is -0.341 e. The van der Waals surface area contributed by atoms with E-state index in [1.165, 1.54) is 0 Å². The van der Waals surface area contributed by atoms with Crippen LogP contribution in [0.4, 0.5) is 0 Å². The molecule has 0 spiro atoms. The fraction of sp³-hybridized carbons (Fsp3) is 1.00. The Balaban J connectivity index is 4.52. The van der Waals surface area contributed by atoms with Gasteiger partial charge in [0, 0.05) is 0 Å². The monoisotopic (exact) mass is 1050 g/mol. The summed E-state index contributed by atoms with van der Waals surface area (Å²) in [7, 11) is -49.1. The second kappa shape index (κ2) is 20.4. The van der Waals surface area contributed by atoms with E-state index in [0.717, 1.165) is 0 Å². The normalized spacial score (nSPS) is 24.7. The molecule has 37 nitrogen and oxygen atoms in total. The Morgan fingerprint density at radius 2 is 0.862 bits per heavy atom. The van der Waals surface area contributed by atoms with Gasteiger partial charge in [-0.2, -0.15) is 71.6 Å². The average molecular weight is 1050 g/mol. The Morgan fingerprint density at radius 3 is 1.21 bits per heavy atom. The lowest BCUT2D eigenvalue weighted by Gasteiger charge is -2.45. The van der Waals surface area contributed by atoms with Crippen LogP contribution in [0, 0.1) is 0 Å². The van der Waals surface area contributed by atoms with Gasteiger partial charge in [-0.3, -0.25) is 45.2 Å². The Kier molecular flexibility index (Phi) is 19.4. The molecule has 1 saturated heterocycles. The van der Waals surface area contributed by atoms with Crippen molar-refractivity contribution >= 4 is 94.6 Å². The first kappa shape index (κ1) is 55.0. The van der Waals surface area contributed by atoms with Gasteiger partial charge in [-0.25, -0.2) is 33.5 Å². The van der Waals surface area contributed by atoms with Gasteiger partial charge in [-0.1, -0.05) is 0 Å². The van der Waals surface area contributed by atoms with Crippen LogP contribution in [0.3, 0.4) is 0 Å². The largest absolute Gasteiger partial charge is 0.397 e. The van der Waals surface area contributed by atoms with Crippen LogP contribution in [0.15, 0.2) is 0 Å². The van der Waals surface area contributed by atoms with Gasteiger partial charge < -0.3 is 9.47 Å². The van der Waals surface area contributed by atoms with Crippen LogP contribution in [0.5, 0.6) is 0 Å². The van der Waals surface area contributed by atoms with Crippen molar-refractivity contribution in [1.82, 2.24) is 0 Å². The van der Waals surface area contributed by atoms with Crippen LogP contribution in [0.25, 0.3) is 0 Å². The molecular weight excluding hydrogens is 1020 g/mol. The molecule has 0 radical (unpaired) electrons. The predicted molar refractivity (Wildman–Crippen MR) is 164 cm³/mol. The quantitative estimate of drug-likeness (QED) is 0.0287. The van der Waals surface area contributed by atoms with E-state index in [-0.39, 0.29) is 0 Å². The van der Waals surface area contributed by atoms with Gasteiger partial charge in [0.2, 0.25) is 0 Å². The molecule has 58 heavy (non-hydrogen) atoms. The summed E-state index contributed by atoms with van der Waals surface area (Å²) in [6.07, 6.45) is -30.8. The molecule has 1 aliphatic heterocycles. The number of hydrogen-bond donors (Lipinski definition) is 9. The zero-order chi connectivity index (χ0) is 45.7. The summed E-state index contributed by atoms with van der Waals surface area (Å²) in [5.74, 6) is 0. The van der Waals surface area contributed by atoms with E-state index >= 15 is 0 Å². The molecule has 0 bridgehead atoms. The van der Waals surface area contributed by atoms with E-state index < -0.39 is 169 Å². The minimum absolute atomic E-state index is 1.94. The molecule has 0 aromatic carbocycles. The molecule has 9 N–H and O–H groups in total. The van der Waals surface area contributed by atoms with Gasteiger partial charge in [0.1, 0.15) is 42.7 Å². The molecule has 0 amide bonds. The van der Waals surface area contributed by atoms with Crippen LogP contribution in [0.2, 0.25) is 0 Å². The maximum Gasteiger partial charge on any atom is 0.397 e. The van der Waals surface area contributed by atoms with Gasteiger partial charge in [0.15, 0.2) is 12.4 Å². The Labute approximate surface area is 327 Å². The molecule has 1 aliphatic rings. The van der Waals surface area contributed by atoms with Gasteiger partial charge in [0.05, 0.1) is 19.8 Å². The fourth-order valence-electron chi connectivity index (χ4n) is 3.95. The Morgan fingerprint density at radius 1 is 0.483 bits per heavy atom. The van der Waals surface area contributed by atoms with E-state index in [2.05, 4.69) is 37.6 Å². The first-order valence-electron chi connectivity index (χ1n) is 12.8. The van der Waals surface area contributed by atoms with Crippen LogP contribution in [-0.2, 0) is 142 Å². The van der Waals surface area contributed by atoms with Crippen LogP contribution >= 0.6 is 0 Å². The molecule has 46 heteroatoms. The van der Waals surface area contributed by atoms with Crippen molar-refractivity contribution in [2.75, 3.05) is 19.8 Å². The lowest BCUT2D eigenvalue weighted by atomic mass is 9.98. The number of hydrogen-bond acceptors (Lipinski definition) is 28. The van der Waals surface area contributed by atoms with Crippen molar-refractivity contribution < 1.29 is 160 Å². The third-order valence-corrected chi connectivity index (χ3v) is 9.53. The topological polar surface area (TPSA) is 574 Å². The van der Waals surface area contributed by atoms with Crippen LogP contribution in [0.1, 0.15) is 0 Å². The second-order valence-electron chi connectivity index (χ2n) is 9.65. The molecule has 0 saturated carbocycles. The smallest absolute Gasteiger partial charge is 0.341 e. The highest BCUT2D eigenvalue weighted by molar-refractivity contribution is 7.82. The van der Waals surface area contributed by atoms with Gasteiger partial charge >= 0.3 is 94.6 Å². The third kappa shape index (κ3) is 23.8. The van der Waals surface area contributed by atoms with Crippen molar-refractivity contribution in [3.8, 4) is 0 Å². The number of ether oxygens (including phenoxy) is 2. The maximum atomic E-state index is 11.9. The fourth-order valence-corrected chi connectivity index (χ4v) is 7.74. The summed E-state index contributed by atoms with van der Waals surface area (Å²) in [5.41, 5.74) is 0. The van der Waals surface area contributed by atoms with E-state index in [4.69, 9.17) is 23.1 Å². The summed E-state index contributed by atoms with van der Waals surface area (Å²) >= 11 is -3.81. The molecule has 1 fully saturated rings. The van der Waals surface area contributed by atoms with Crippen molar-refractivity contribution in [1.29, 1.82) is 0 Å². The summed E-state index contributed by atoms with van der Waals surface area (Å²) in [5, 5.41) is 0. The van der Waals surface area contributed by atoms with Gasteiger partial charge in [-0.15, -0.1) is 0 Å². The highest BCUT2D eigenvalue weighted by Gasteiger charge is 2.56. The first-order valence-corrected chi connectivity index (χ1v) is 24.7. The zero-order valence-electron chi connectivity index (χ0n) is 26.4. The maximum absolute atomic E-state index is 11.9. The van der Waals surface area contributed by atoms with Gasteiger partial charge in [-0.05, 0) is 0 Å². The van der Waals surface area contributed by atoms with E-state index in [9.17, 15) is 98.9 Å². The van der Waals surface area contributed by atoms with E-state index in [1.807, 2.05) is 0 Å². The Hall–Kier alpha value is -1.05. The molecular formula is C12H24O37S9. The molecule has 0 aliphatic carbocycles. The molecule has 0 aromatic heterocycles. The highest BCUT2D eigenvalue weighted by Crippen LogP contribution is 2.34.